The van der Waals surface area contributed by atoms with Crippen LogP contribution in [0.15, 0.2) is 18.2 Å². The van der Waals surface area contributed by atoms with E-state index in [2.05, 4.69) is 19.2 Å². The van der Waals surface area contributed by atoms with Crippen LogP contribution in [0.1, 0.15) is 32.8 Å². The second-order valence-corrected chi connectivity index (χ2v) is 5.02. The molecule has 0 heterocycles. The maximum atomic E-state index is 13.3. The molecule has 4 nitrogen and oxygen atoms in total. The topological polar surface area (TPSA) is 55.2 Å². The summed E-state index contributed by atoms with van der Waals surface area (Å²) in [6, 6.07) is 4.11. The van der Waals surface area contributed by atoms with E-state index >= 15 is 0 Å². The van der Waals surface area contributed by atoms with Gasteiger partial charge >= 0.3 is 0 Å². The number of rotatable bonds is 7. The quantitative estimate of drug-likeness (QED) is 0.609. The third-order valence-corrected chi connectivity index (χ3v) is 3.17. The Kier molecular flexibility index (Phi) is 5.89. The molecule has 0 saturated carbocycles. The van der Waals surface area contributed by atoms with Gasteiger partial charge in [-0.05, 0) is 36.9 Å². The number of nitro groups is 1. The van der Waals surface area contributed by atoms with Gasteiger partial charge in [-0.15, -0.1) is 0 Å². The zero-order chi connectivity index (χ0) is 14.4. The number of halogens is 1. The molecular formula is C14H21FN2O2. The van der Waals surface area contributed by atoms with Crippen molar-refractivity contribution in [3.8, 4) is 0 Å². The molecule has 1 atom stereocenters. The summed E-state index contributed by atoms with van der Waals surface area (Å²) in [5.41, 5.74) is 0.495. The number of nitro benzene ring substituents is 1. The van der Waals surface area contributed by atoms with Gasteiger partial charge in [0.05, 0.1) is 11.0 Å². The van der Waals surface area contributed by atoms with E-state index in [1.165, 1.54) is 12.1 Å². The van der Waals surface area contributed by atoms with Crippen LogP contribution in [0, 0.1) is 21.8 Å². The van der Waals surface area contributed by atoms with E-state index in [1.54, 1.807) is 0 Å². The fourth-order valence-corrected chi connectivity index (χ4v) is 2.14. The lowest BCUT2D eigenvalue weighted by Crippen LogP contribution is -2.34. The summed E-state index contributed by atoms with van der Waals surface area (Å²) >= 11 is 0. The average molecular weight is 268 g/mol. The first-order chi connectivity index (χ1) is 8.93. The molecule has 0 aliphatic heterocycles. The van der Waals surface area contributed by atoms with Crippen molar-refractivity contribution in [2.24, 2.45) is 5.92 Å². The van der Waals surface area contributed by atoms with Gasteiger partial charge < -0.3 is 5.32 Å². The van der Waals surface area contributed by atoms with E-state index in [4.69, 9.17) is 0 Å². The highest BCUT2D eigenvalue weighted by Crippen LogP contribution is 2.19. The van der Waals surface area contributed by atoms with Crippen LogP contribution in [-0.2, 0) is 6.42 Å². The van der Waals surface area contributed by atoms with Crippen LogP contribution in [0.4, 0.5) is 10.1 Å². The Morgan fingerprint density at radius 1 is 1.37 bits per heavy atom. The number of non-ortho nitro benzene ring substituents is 1. The summed E-state index contributed by atoms with van der Waals surface area (Å²) in [5, 5.41) is 14.1. The molecule has 0 aromatic heterocycles. The van der Waals surface area contributed by atoms with E-state index in [1.807, 2.05) is 6.92 Å². The van der Waals surface area contributed by atoms with Crippen LogP contribution in [0.2, 0.25) is 0 Å². The highest BCUT2D eigenvalue weighted by atomic mass is 19.1. The first kappa shape index (κ1) is 15.6. The minimum absolute atomic E-state index is 0.181. The van der Waals surface area contributed by atoms with E-state index in [-0.39, 0.29) is 5.69 Å². The first-order valence-electron chi connectivity index (χ1n) is 6.61. The highest BCUT2D eigenvalue weighted by molar-refractivity contribution is 5.35. The van der Waals surface area contributed by atoms with Crippen molar-refractivity contribution >= 4 is 5.69 Å². The second-order valence-electron chi connectivity index (χ2n) is 5.02. The SMILES string of the molecule is CCNC(CCc1cc(F)cc([N+](=O)[O-])c1)C(C)C. The molecule has 1 rings (SSSR count). The normalized spacial score (nSPS) is 12.7. The molecule has 0 aliphatic rings. The molecule has 0 fully saturated rings. The van der Waals surface area contributed by atoms with Crippen molar-refractivity contribution in [3.05, 3.63) is 39.7 Å². The summed E-state index contributed by atoms with van der Waals surface area (Å²) in [6.07, 6.45) is 1.47. The van der Waals surface area contributed by atoms with Crippen molar-refractivity contribution in [3.63, 3.8) is 0 Å². The van der Waals surface area contributed by atoms with Gasteiger partial charge in [0.1, 0.15) is 5.82 Å². The molecule has 0 aliphatic carbocycles. The van der Waals surface area contributed by atoms with Crippen LogP contribution in [0.25, 0.3) is 0 Å². The fourth-order valence-electron chi connectivity index (χ4n) is 2.14. The molecule has 1 aromatic rings. The third-order valence-electron chi connectivity index (χ3n) is 3.17. The Morgan fingerprint density at radius 3 is 2.58 bits per heavy atom. The Balaban J connectivity index is 2.73. The molecule has 0 amide bonds. The first-order valence-corrected chi connectivity index (χ1v) is 6.61. The second kappa shape index (κ2) is 7.19. The standard InChI is InChI=1S/C14H21FN2O2/c1-4-16-14(10(2)3)6-5-11-7-12(15)9-13(8-11)17(18)19/h7-10,14,16H,4-6H2,1-3H3. The average Bonchev–Trinajstić information content (AvgIpc) is 2.33. The lowest BCUT2D eigenvalue weighted by molar-refractivity contribution is -0.385. The van der Waals surface area contributed by atoms with Gasteiger partial charge in [-0.2, -0.15) is 0 Å². The summed E-state index contributed by atoms with van der Waals surface area (Å²) < 4.78 is 13.3. The van der Waals surface area contributed by atoms with Crippen molar-refractivity contribution in [2.45, 2.75) is 39.7 Å². The molecule has 106 valence electrons. The maximum Gasteiger partial charge on any atom is 0.272 e. The summed E-state index contributed by atoms with van der Waals surface area (Å²) in [7, 11) is 0. The van der Waals surface area contributed by atoms with E-state index in [0.717, 1.165) is 19.0 Å². The van der Waals surface area contributed by atoms with Crippen LogP contribution >= 0.6 is 0 Å². The summed E-state index contributed by atoms with van der Waals surface area (Å²) in [6.45, 7) is 7.18. The number of benzene rings is 1. The molecule has 19 heavy (non-hydrogen) atoms. The van der Waals surface area contributed by atoms with Crippen molar-refractivity contribution < 1.29 is 9.31 Å². The number of hydrogen-bond acceptors (Lipinski definition) is 3. The summed E-state index contributed by atoms with van der Waals surface area (Å²) in [4.78, 5) is 10.1. The number of hydrogen-bond donors (Lipinski definition) is 1. The van der Waals surface area contributed by atoms with E-state index < -0.39 is 10.7 Å². The van der Waals surface area contributed by atoms with E-state index in [9.17, 15) is 14.5 Å². The fraction of sp³-hybridized carbons (Fsp3) is 0.571. The zero-order valence-electron chi connectivity index (χ0n) is 11.6. The largest absolute Gasteiger partial charge is 0.314 e. The van der Waals surface area contributed by atoms with Gasteiger partial charge in [-0.3, -0.25) is 10.1 Å². The minimum Gasteiger partial charge on any atom is -0.314 e. The predicted octanol–water partition coefficient (Wildman–Crippen LogP) is 3.30. The Morgan fingerprint density at radius 2 is 2.05 bits per heavy atom. The highest BCUT2D eigenvalue weighted by Gasteiger charge is 2.14. The molecule has 5 heteroatoms. The molecule has 1 N–H and O–H groups in total. The Bertz CT molecular complexity index is 435. The van der Waals surface area contributed by atoms with Gasteiger partial charge in [0.2, 0.25) is 0 Å². The van der Waals surface area contributed by atoms with Crippen LogP contribution in [-0.4, -0.2) is 17.5 Å². The number of nitrogens with zero attached hydrogens (tertiary/aromatic N) is 1. The lowest BCUT2D eigenvalue weighted by atomic mass is 9.96. The third kappa shape index (κ3) is 4.95. The van der Waals surface area contributed by atoms with Gasteiger partial charge in [-0.1, -0.05) is 20.8 Å². The minimum atomic E-state index is -0.559. The molecule has 0 radical (unpaired) electrons. The molecular weight excluding hydrogens is 247 g/mol. The van der Waals surface area contributed by atoms with E-state index in [0.29, 0.717) is 23.9 Å². The van der Waals surface area contributed by atoms with Gasteiger partial charge in [0.25, 0.3) is 5.69 Å². The van der Waals surface area contributed by atoms with Gasteiger partial charge in [0.15, 0.2) is 0 Å². The molecule has 0 spiro atoms. The maximum absolute atomic E-state index is 13.3. The number of nitrogens with one attached hydrogen (secondary N) is 1. The van der Waals surface area contributed by atoms with Crippen molar-refractivity contribution in [2.75, 3.05) is 6.54 Å². The zero-order valence-corrected chi connectivity index (χ0v) is 11.6. The van der Waals surface area contributed by atoms with Crippen molar-refractivity contribution in [1.29, 1.82) is 0 Å². The Labute approximate surface area is 113 Å². The van der Waals surface area contributed by atoms with Crippen molar-refractivity contribution in [1.82, 2.24) is 5.32 Å². The molecule has 0 bridgehead atoms. The Hall–Kier alpha value is -1.49. The molecule has 0 saturated heterocycles. The van der Waals surface area contributed by atoms with Gasteiger partial charge in [0, 0.05) is 12.1 Å². The smallest absolute Gasteiger partial charge is 0.272 e. The van der Waals surface area contributed by atoms with Gasteiger partial charge in [-0.25, -0.2) is 4.39 Å². The van der Waals surface area contributed by atoms with Crippen LogP contribution in [0.5, 0.6) is 0 Å². The van der Waals surface area contributed by atoms with Crippen LogP contribution < -0.4 is 5.32 Å². The van der Waals surface area contributed by atoms with Crippen LogP contribution in [0.3, 0.4) is 0 Å². The number of aryl methyl sites for hydroxylation is 1. The predicted molar refractivity (Wildman–Crippen MR) is 73.7 cm³/mol. The summed E-state index contributed by atoms with van der Waals surface area (Å²) in [5.74, 6) is -0.0720. The lowest BCUT2D eigenvalue weighted by Gasteiger charge is -2.21. The molecule has 1 unspecified atom stereocenters. The molecule has 1 aromatic carbocycles. The monoisotopic (exact) mass is 268 g/mol.